The molecule has 5 heteroatoms. The minimum absolute atomic E-state index is 0.380. The standard InChI is InChI=1S/C14H22N2O2S/c1-10(2)19-12-7-6-8-15-11(12)9-16-13(17)18-14(3,4)5/h6-8,10H,9H2,1-5H3,(H,16,17). The van der Waals surface area contributed by atoms with Crippen molar-refractivity contribution in [2.75, 3.05) is 0 Å². The summed E-state index contributed by atoms with van der Waals surface area (Å²) in [5.74, 6) is 0. The highest BCUT2D eigenvalue weighted by atomic mass is 32.2. The van der Waals surface area contributed by atoms with Gasteiger partial charge in [-0.15, -0.1) is 11.8 Å². The average molecular weight is 282 g/mol. The highest BCUT2D eigenvalue weighted by Crippen LogP contribution is 2.25. The number of carbonyl (C=O) groups is 1. The molecule has 0 unspecified atom stereocenters. The lowest BCUT2D eigenvalue weighted by Gasteiger charge is -2.20. The molecule has 106 valence electrons. The van der Waals surface area contributed by atoms with Crippen molar-refractivity contribution in [1.29, 1.82) is 0 Å². The summed E-state index contributed by atoms with van der Waals surface area (Å²) >= 11 is 1.74. The van der Waals surface area contributed by atoms with Gasteiger partial charge >= 0.3 is 6.09 Å². The highest BCUT2D eigenvalue weighted by Gasteiger charge is 2.16. The van der Waals surface area contributed by atoms with E-state index in [1.165, 1.54) is 0 Å². The van der Waals surface area contributed by atoms with E-state index in [4.69, 9.17) is 4.74 Å². The van der Waals surface area contributed by atoms with E-state index in [0.29, 0.717) is 11.8 Å². The number of carbonyl (C=O) groups excluding carboxylic acids is 1. The Kier molecular flexibility index (Phi) is 5.66. The van der Waals surface area contributed by atoms with E-state index in [0.717, 1.165) is 10.6 Å². The molecule has 4 nitrogen and oxygen atoms in total. The molecule has 1 N–H and O–H groups in total. The van der Waals surface area contributed by atoms with Crippen molar-refractivity contribution in [3.8, 4) is 0 Å². The Labute approximate surface area is 119 Å². The van der Waals surface area contributed by atoms with Crippen molar-refractivity contribution in [3.05, 3.63) is 24.0 Å². The molecule has 19 heavy (non-hydrogen) atoms. The van der Waals surface area contributed by atoms with Gasteiger partial charge in [0.05, 0.1) is 12.2 Å². The van der Waals surface area contributed by atoms with Crippen LogP contribution in [0, 0.1) is 0 Å². The number of thioether (sulfide) groups is 1. The van der Waals surface area contributed by atoms with Crippen LogP contribution in [0.1, 0.15) is 40.3 Å². The van der Waals surface area contributed by atoms with E-state index in [1.807, 2.05) is 32.9 Å². The molecule has 0 atom stereocenters. The summed E-state index contributed by atoms with van der Waals surface area (Å²) < 4.78 is 5.20. The number of pyridine rings is 1. The second kappa shape index (κ2) is 6.80. The molecule has 0 saturated carbocycles. The zero-order valence-electron chi connectivity index (χ0n) is 12.2. The van der Waals surface area contributed by atoms with Gasteiger partial charge in [0.1, 0.15) is 5.60 Å². The second-order valence-corrected chi connectivity index (χ2v) is 7.09. The summed E-state index contributed by atoms with van der Waals surface area (Å²) in [6.07, 6.45) is 1.31. The first-order valence-corrected chi connectivity index (χ1v) is 7.23. The van der Waals surface area contributed by atoms with E-state index in [2.05, 4.69) is 24.1 Å². The van der Waals surface area contributed by atoms with E-state index >= 15 is 0 Å². The van der Waals surface area contributed by atoms with Crippen LogP contribution in [0.3, 0.4) is 0 Å². The van der Waals surface area contributed by atoms with Gasteiger partial charge in [0.2, 0.25) is 0 Å². The molecule has 0 bridgehead atoms. The zero-order chi connectivity index (χ0) is 14.5. The Balaban J connectivity index is 2.60. The normalized spacial score (nSPS) is 11.5. The number of hydrogen-bond donors (Lipinski definition) is 1. The van der Waals surface area contributed by atoms with E-state index in [1.54, 1.807) is 18.0 Å². The number of ether oxygens (including phenoxy) is 1. The fraction of sp³-hybridized carbons (Fsp3) is 0.571. The lowest BCUT2D eigenvalue weighted by Crippen LogP contribution is -2.32. The predicted octanol–water partition coefficient (Wildman–Crippen LogP) is 3.61. The summed E-state index contributed by atoms with van der Waals surface area (Å²) in [7, 11) is 0. The first-order valence-electron chi connectivity index (χ1n) is 6.35. The molecule has 0 spiro atoms. The topological polar surface area (TPSA) is 51.2 Å². The van der Waals surface area contributed by atoms with Gasteiger partial charge in [-0.25, -0.2) is 4.79 Å². The molecular formula is C14H22N2O2S. The molecule has 0 aliphatic rings. The van der Waals surface area contributed by atoms with Gasteiger partial charge in [0.15, 0.2) is 0 Å². The van der Waals surface area contributed by atoms with Gasteiger partial charge in [-0.05, 0) is 32.9 Å². The Morgan fingerprint density at radius 2 is 2.16 bits per heavy atom. The second-order valence-electron chi connectivity index (χ2n) is 5.47. The van der Waals surface area contributed by atoms with E-state index < -0.39 is 11.7 Å². The number of aromatic nitrogens is 1. The van der Waals surface area contributed by atoms with E-state index in [9.17, 15) is 4.79 Å². The Morgan fingerprint density at radius 1 is 1.47 bits per heavy atom. The largest absolute Gasteiger partial charge is 0.444 e. The molecule has 0 aliphatic heterocycles. The molecule has 0 aliphatic carbocycles. The van der Waals surface area contributed by atoms with Gasteiger partial charge in [-0.1, -0.05) is 13.8 Å². The van der Waals surface area contributed by atoms with Crippen LogP contribution in [0.4, 0.5) is 4.79 Å². The third-order valence-corrected chi connectivity index (χ3v) is 3.11. The maximum atomic E-state index is 11.6. The lowest BCUT2D eigenvalue weighted by molar-refractivity contribution is 0.0522. The number of amides is 1. The molecule has 1 heterocycles. The third kappa shape index (κ3) is 6.47. The maximum absolute atomic E-state index is 11.6. The summed E-state index contributed by atoms with van der Waals surface area (Å²) in [5.41, 5.74) is 0.385. The molecule has 0 radical (unpaired) electrons. The molecule has 0 aromatic carbocycles. The van der Waals surface area contributed by atoms with Crippen molar-refractivity contribution in [2.24, 2.45) is 0 Å². The van der Waals surface area contributed by atoms with Crippen molar-refractivity contribution in [1.82, 2.24) is 10.3 Å². The summed E-state index contributed by atoms with van der Waals surface area (Å²) in [6, 6.07) is 3.92. The quantitative estimate of drug-likeness (QED) is 0.857. The number of rotatable bonds is 4. The van der Waals surface area contributed by atoms with Crippen molar-refractivity contribution in [3.63, 3.8) is 0 Å². The van der Waals surface area contributed by atoms with Gasteiger partial charge < -0.3 is 10.1 Å². The third-order valence-electron chi connectivity index (χ3n) is 2.01. The van der Waals surface area contributed by atoms with Crippen LogP contribution in [0.15, 0.2) is 23.2 Å². The molecule has 1 aromatic heterocycles. The minimum Gasteiger partial charge on any atom is -0.444 e. The predicted molar refractivity (Wildman–Crippen MR) is 78.3 cm³/mol. The minimum atomic E-state index is -0.482. The van der Waals surface area contributed by atoms with Crippen LogP contribution in [0.25, 0.3) is 0 Å². The van der Waals surface area contributed by atoms with Gasteiger partial charge in [0.25, 0.3) is 0 Å². The fourth-order valence-electron chi connectivity index (χ4n) is 1.39. The first-order chi connectivity index (χ1) is 8.78. The fourth-order valence-corrected chi connectivity index (χ4v) is 2.31. The maximum Gasteiger partial charge on any atom is 0.407 e. The molecule has 1 rings (SSSR count). The number of nitrogens with one attached hydrogen (secondary N) is 1. The van der Waals surface area contributed by atoms with Gasteiger partial charge in [-0.2, -0.15) is 0 Å². The summed E-state index contributed by atoms with van der Waals surface area (Å²) in [5, 5.41) is 3.21. The summed E-state index contributed by atoms with van der Waals surface area (Å²) in [4.78, 5) is 17.0. The Hall–Kier alpha value is -1.23. The van der Waals surface area contributed by atoms with Crippen LogP contribution in [0.5, 0.6) is 0 Å². The SMILES string of the molecule is CC(C)Sc1cccnc1CNC(=O)OC(C)(C)C. The molecular weight excluding hydrogens is 260 g/mol. The summed E-state index contributed by atoms with van der Waals surface area (Å²) in [6.45, 7) is 10.2. The van der Waals surface area contributed by atoms with Gasteiger partial charge in [-0.3, -0.25) is 4.98 Å². The molecule has 0 fully saturated rings. The highest BCUT2D eigenvalue weighted by molar-refractivity contribution is 8.00. The van der Waals surface area contributed by atoms with Crippen LogP contribution in [0.2, 0.25) is 0 Å². The molecule has 1 amide bonds. The van der Waals surface area contributed by atoms with Crippen LogP contribution < -0.4 is 5.32 Å². The smallest absolute Gasteiger partial charge is 0.407 e. The Morgan fingerprint density at radius 3 is 2.74 bits per heavy atom. The van der Waals surface area contributed by atoms with Crippen LogP contribution >= 0.6 is 11.8 Å². The monoisotopic (exact) mass is 282 g/mol. The zero-order valence-corrected chi connectivity index (χ0v) is 13.0. The number of hydrogen-bond acceptors (Lipinski definition) is 4. The van der Waals surface area contributed by atoms with Crippen LogP contribution in [-0.4, -0.2) is 21.9 Å². The number of nitrogens with zero attached hydrogens (tertiary/aromatic N) is 1. The average Bonchev–Trinajstić information content (AvgIpc) is 2.24. The Bertz CT molecular complexity index is 428. The first kappa shape index (κ1) is 15.8. The number of alkyl carbamates (subject to hydrolysis) is 1. The van der Waals surface area contributed by atoms with Crippen molar-refractivity contribution >= 4 is 17.9 Å². The van der Waals surface area contributed by atoms with E-state index in [-0.39, 0.29) is 0 Å². The molecule has 1 aromatic rings. The van der Waals surface area contributed by atoms with Gasteiger partial charge in [0, 0.05) is 16.3 Å². The lowest BCUT2D eigenvalue weighted by atomic mass is 10.2. The molecule has 0 saturated heterocycles. The van der Waals surface area contributed by atoms with Crippen molar-refractivity contribution in [2.45, 2.75) is 56.9 Å². The van der Waals surface area contributed by atoms with Crippen molar-refractivity contribution < 1.29 is 9.53 Å². The van der Waals surface area contributed by atoms with Crippen LogP contribution in [-0.2, 0) is 11.3 Å².